The molecule has 0 atom stereocenters. The predicted molar refractivity (Wildman–Crippen MR) is 39.7 cm³/mol. The molecule has 8 heteroatoms. The summed E-state index contributed by atoms with van der Waals surface area (Å²) in [5.41, 5.74) is 0. The van der Waals surface area contributed by atoms with Crippen LogP contribution in [0.1, 0.15) is 0 Å². The molecule has 0 fully saturated rings. The van der Waals surface area contributed by atoms with E-state index in [4.69, 9.17) is 0 Å². The minimum Gasteiger partial charge on any atom is -0.468 e. The summed E-state index contributed by atoms with van der Waals surface area (Å²) < 4.78 is 28.9. The Morgan fingerprint density at radius 1 is 1.58 bits per heavy atom. The largest absolute Gasteiger partial charge is 0.468 e. The Bertz CT molecular complexity index is 332. The fourth-order valence-corrected chi connectivity index (χ4v) is 1.28. The average Bonchev–Trinajstić information content (AvgIpc) is 1.99. The summed E-state index contributed by atoms with van der Waals surface area (Å²) in [6.07, 6.45) is 0. The lowest BCUT2D eigenvalue weighted by molar-refractivity contribution is 0.234. The minimum absolute atomic E-state index is 0.321. The van der Waals surface area contributed by atoms with Gasteiger partial charge in [-0.05, 0) is 0 Å². The zero-order chi connectivity index (χ0) is 9.35. The van der Waals surface area contributed by atoms with Crippen molar-refractivity contribution in [2.24, 2.45) is 4.99 Å². The topological polar surface area (TPSA) is 88.1 Å². The number of hydrogen-bond donors (Lipinski definition) is 1. The highest BCUT2D eigenvalue weighted by Crippen LogP contribution is 2.03. The molecule has 0 bridgehead atoms. The van der Waals surface area contributed by atoms with Crippen molar-refractivity contribution in [2.45, 2.75) is 0 Å². The highest BCUT2D eigenvalue weighted by molar-refractivity contribution is 7.88. The molecule has 0 radical (unpaired) electrons. The molecule has 0 spiro atoms. The number of rotatable bonds is 0. The lowest BCUT2D eigenvalue weighted by Crippen LogP contribution is -2.48. The molecule has 0 saturated heterocycles. The summed E-state index contributed by atoms with van der Waals surface area (Å²) in [5.74, 6) is 0. The van der Waals surface area contributed by atoms with Gasteiger partial charge in [0.1, 0.15) is 0 Å². The molecule has 1 aliphatic rings. The van der Waals surface area contributed by atoms with E-state index in [9.17, 15) is 13.2 Å². The van der Waals surface area contributed by atoms with Gasteiger partial charge in [-0.15, -0.1) is 4.99 Å². The van der Waals surface area contributed by atoms with Gasteiger partial charge in [0.2, 0.25) is 0 Å². The lowest BCUT2D eigenvalue weighted by Gasteiger charge is -2.20. The van der Waals surface area contributed by atoms with E-state index in [-0.39, 0.29) is 6.02 Å². The summed E-state index contributed by atoms with van der Waals surface area (Å²) in [5, 5.41) is 0. The van der Waals surface area contributed by atoms with Gasteiger partial charge in [0, 0.05) is 7.05 Å². The molecule has 7 nitrogen and oxygen atoms in total. The number of nitrogens with zero attached hydrogens (tertiary/aromatic N) is 2. The Balaban J connectivity index is 3.08. The first-order valence-electron chi connectivity index (χ1n) is 2.90. The number of carbonyl (C=O) groups excluding carboxylic acids is 1. The van der Waals surface area contributed by atoms with Crippen LogP contribution in [0.5, 0.6) is 0 Å². The van der Waals surface area contributed by atoms with Crippen LogP contribution in [0.4, 0.5) is 4.79 Å². The van der Waals surface area contributed by atoms with Gasteiger partial charge in [0.25, 0.3) is 0 Å². The van der Waals surface area contributed by atoms with Crippen molar-refractivity contribution in [3.8, 4) is 0 Å². The van der Waals surface area contributed by atoms with Crippen molar-refractivity contribution in [1.82, 2.24) is 9.03 Å². The molecule has 1 N–H and O–H groups in total. The first-order valence-corrected chi connectivity index (χ1v) is 4.34. The number of amidine groups is 1. The van der Waals surface area contributed by atoms with Gasteiger partial charge in [-0.3, -0.25) is 0 Å². The average molecular weight is 193 g/mol. The first-order chi connectivity index (χ1) is 5.47. The third-order valence-corrected chi connectivity index (χ3v) is 2.55. The Kier molecular flexibility index (Phi) is 1.92. The standard InChI is InChI=1S/C4H7N3O4S/c1-7-4(8)5-3(11-2)6-12(7,9)10/h1-2H3,(H,5,6,8). The van der Waals surface area contributed by atoms with Crippen LogP contribution in [0.15, 0.2) is 4.99 Å². The second-order valence-electron chi connectivity index (χ2n) is 1.98. The molecule has 1 heterocycles. The normalized spacial score (nSPS) is 21.3. The molecule has 68 valence electrons. The van der Waals surface area contributed by atoms with Crippen molar-refractivity contribution < 1.29 is 17.9 Å². The lowest BCUT2D eigenvalue weighted by atomic mass is 10.9. The Morgan fingerprint density at radius 2 is 2.17 bits per heavy atom. The van der Waals surface area contributed by atoms with Crippen molar-refractivity contribution in [3.05, 3.63) is 0 Å². The maximum absolute atomic E-state index is 11.0. The molecule has 0 aromatic carbocycles. The maximum Gasteiger partial charge on any atom is 0.362 e. The van der Waals surface area contributed by atoms with Gasteiger partial charge in [0.05, 0.1) is 7.11 Å². The van der Waals surface area contributed by atoms with E-state index >= 15 is 0 Å². The molecule has 2 amide bonds. The van der Waals surface area contributed by atoms with Gasteiger partial charge < -0.3 is 4.74 Å². The molecular weight excluding hydrogens is 186 g/mol. The number of methoxy groups -OCH3 is 1. The van der Waals surface area contributed by atoms with E-state index in [0.29, 0.717) is 4.31 Å². The molecular formula is C4H7N3O4S. The number of aliphatic imine (C=N–C) groups is 1. The number of amides is 2. The summed E-state index contributed by atoms with van der Waals surface area (Å²) in [6.45, 7) is 0. The molecule has 0 saturated carbocycles. The fourth-order valence-electron chi connectivity index (χ4n) is 0.549. The second kappa shape index (κ2) is 2.63. The Hall–Kier alpha value is -1.31. The maximum atomic E-state index is 11.0. The van der Waals surface area contributed by atoms with Gasteiger partial charge >= 0.3 is 22.3 Å². The van der Waals surface area contributed by atoms with Crippen LogP contribution in [-0.4, -0.2) is 38.9 Å². The highest BCUT2D eigenvalue weighted by Gasteiger charge is 2.30. The van der Waals surface area contributed by atoms with Crippen LogP contribution in [0, 0.1) is 0 Å². The van der Waals surface area contributed by atoms with Crippen molar-refractivity contribution in [1.29, 1.82) is 0 Å². The van der Waals surface area contributed by atoms with E-state index in [2.05, 4.69) is 9.73 Å². The van der Waals surface area contributed by atoms with E-state index < -0.39 is 16.2 Å². The van der Waals surface area contributed by atoms with Crippen LogP contribution in [0.25, 0.3) is 0 Å². The van der Waals surface area contributed by atoms with Crippen molar-refractivity contribution in [3.63, 3.8) is 0 Å². The number of hydrogen-bond acceptors (Lipinski definition) is 4. The number of urea groups is 1. The third kappa shape index (κ3) is 1.33. The molecule has 12 heavy (non-hydrogen) atoms. The van der Waals surface area contributed by atoms with Gasteiger partial charge in [-0.25, -0.2) is 13.8 Å². The zero-order valence-corrected chi connectivity index (χ0v) is 7.25. The second-order valence-corrected chi connectivity index (χ2v) is 3.68. The summed E-state index contributed by atoms with van der Waals surface area (Å²) >= 11 is 0. The van der Waals surface area contributed by atoms with Crippen LogP contribution in [0.2, 0.25) is 0 Å². The van der Waals surface area contributed by atoms with Crippen LogP contribution in [0.3, 0.4) is 0 Å². The molecule has 0 aromatic heterocycles. The van der Waals surface area contributed by atoms with E-state index in [1.54, 1.807) is 0 Å². The number of ether oxygens (including phenoxy) is 1. The highest BCUT2D eigenvalue weighted by atomic mass is 32.2. The molecule has 0 unspecified atom stereocenters. The molecule has 1 aliphatic heterocycles. The summed E-state index contributed by atoms with van der Waals surface area (Å²) in [6, 6.07) is -1.20. The first kappa shape index (κ1) is 8.78. The predicted octanol–water partition coefficient (Wildman–Crippen LogP) is -1.11. The van der Waals surface area contributed by atoms with E-state index in [0.717, 1.165) is 7.05 Å². The monoisotopic (exact) mass is 193 g/mol. The van der Waals surface area contributed by atoms with E-state index in [1.807, 2.05) is 4.72 Å². The number of nitrogens with one attached hydrogen (secondary N) is 1. The Labute approximate surface area is 69.2 Å². The van der Waals surface area contributed by atoms with Gasteiger partial charge in [-0.1, -0.05) is 0 Å². The van der Waals surface area contributed by atoms with E-state index in [1.165, 1.54) is 7.11 Å². The van der Waals surface area contributed by atoms with Crippen molar-refractivity contribution >= 4 is 22.3 Å². The van der Waals surface area contributed by atoms with Gasteiger partial charge in [0.15, 0.2) is 0 Å². The number of carbonyl (C=O) groups is 1. The third-order valence-electron chi connectivity index (χ3n) is 1.24. The van der Waals surface area contributed by atoms with Crippen LogP contribution >= 0.6 is 0 Å². The zero-order valence-electron chi connectivity index (χ0n) is 6.44. The summed E-state index contributed by atoms with van der Waals surface area (Å²) in [7, 11) is -1.49. The van der Waals surface area contributed by atoms with Gasteiger partial charge in [-0.2, -0.15) is 8.42 Å². The van der Waals surface area contributed by atoms with Crippen LogP contribution in [-0.2, 0) is 14.9 Å². The van der Waals surface area contributed by atoms with Crippen molar-refractivity contribution in [2.75, 3.05) is 14.2 Å². The molecule has 0 aromatic rings. The minimum atomic E-state index is -3.79. The fraction of sp³-hybridized carbons (Fsp3) is 0.500. The molecule has 0 aliphatic carbocycles. The Morgan fingerprint density at radius 3 is 2.58 bits per heavy atom. The van der Waals surface area contributed by atoms with Crippen LogP contribution < -0.4 is 4.72 Å². The molecule has 1 rings (SSSR count). The summed E-state index contributed by atoms with van der Waals surface area (Å²) in [4.78, 5) is 14.1. The quantitative estimate of drug-likeness (QED) is 0.528. The SMILES string of the molecule is COC1=NC(=O)N(C)S(=O)(=O)N1. The smallest absolute Gasteiger partial charge is 0.362 e.